The highest BCUT2D eigenvalue weighted by Gasteiger charge is 2.32. The van der Waals surface area contributed by atoms with E-state index in [0.717, 1.165) is 37.4 Å². The van der Waals surface area contributed by atoms with E-state index in [-0.39, 0.29) is 36.1 Å². The number of halogens is 2. The fourth-order valence-corrected chi connectivity index (χ4v) is 3.62. The predicted octanol–water partition coefficient (Wildman–Crippen LogP) is 3.81. The van der Waals surface area contributed by atoms with Gasteiger partial charge in [0, 0.05) is 31.0 Å². The Bertz CT molecular complexity index is 794. The molecule has 9 heteroatoms. The Morgan fingerprint density at radius 3 is 2.52 bits per heavy atom. The number of aromatic nitrogens is 1. The lowest BCUT2D eigenvalue weighted by atomic mass is 9.79. The number of ether oxygens (including phenoxy) is 2. The summed E-state index contributed by atoms with van der Waals surface area (Å²) in [5.74, 6) is 1.20. The van der Waals surface area contributed by atoms with Crippen LogP contribution in [0.4, 0.5) is 11.5 Å². The largest absolute Gasteiger partial charge is 0.494 e. The van der Waals surface area contributed by atoms with Gasteiger partial charge in [-0.2, -0.15) is 0 Å². The van der Waals surface area contributed by atoms with Gasteiger partial charge in [0.1, 0.15) is 11.6 Å². The second-order valence-electron chi connectivity index (χ2n) is 7.35. The minimum Gasteiger partial charge on any atom is -0.494 e. The molecule has 1 aromatic carbocycles. The summed E-state index contributed by atoms with van der Waals surface area (Å²) in [6, 6.07) is 11.1. The topological polar surface area (TPSA) is 84.5 Å². The molecule has 0 atom stereocenters. The van der Waals surface area contributed by atoms with Gasteiger partial charge in [0.05, 0.1) is 18.8 Å². The van der Waals surface area contributed by atoms with Crippen LogP contribution in [0.3, 0.4) is 0 Å². The van der Waals surface area contributed by atoms with Crippen molar-refractivity contribution >= 4 is 42.2 Å². The number of rotatable bonds is 9. The number of anilines is 2. The molecule has 0 spiro atoms. The maximum atomic E-state index is 12.9. The number of amides is 1. The van der Waals surface area contributed by atoms with E-state index in [0.29, 0.717) is 31.1 Å². The lowest BCUT2D eigenvalue weighted by molar-refractivity contribution is 0.0512. The van der Waals surface area contributed by atoms with Crippen LogP contribution in [-0.2, 0) is 4.74 Å². The van der Waals surface area contributed by atoms with Crippen LogP contribution in [0.15, 0.2) is 42.6 Å². The van der Waals surface area contributed by atoms with Crippen LogP contribution in [-0.4, -0.2) is 50.8 Å². The lowest BCUT2D eigenvalue weighted by Gasteiger charge is -2.37. The number of nitrogens with one attached hydrogen (secondary N) is 3. The number of nitrogens with zero attached hydrogens (tertiary/aromatic N) is 1. The van der Waals surface area contributed by atoms with Gasteiger partial charge in [-0.25, -0.2) is 4.98 Å². The third kappa shape index (κ3) is 7.54. The SMILES string of the molecule is CCOc1ccc(Nc2ncccc2C(=O)NCC2(COC)CCNCC2)cc1.Cl.Cl. The zero-order chi connectivity index (χ0) is 20.5. The molecule has 172 valence electrons. The molecule has 2 heterocycles. The van der Waals surface area contributed by atoms with Gasteiger partial charge >= 0.3 is 0 Å². The molecule has 1 fully saturated rings. The van der Waals surface area contributed by atoms with Crippen molar-refractivity contribution in [3.63, 3.8) is 0 Å². The predicted molar refractivity (Wildman–Crippen MR) is 128 cm³/mol. The molecule has 1 aliphatic heterocycles. The van der Waals surface area contributed by atoms with Gasteiger partial charge in [-0.15, -0.1) is 24.8 Å². The van der Waals surface area contributed by atoms with Gasteiger partial charge < -0.3 is 25.4 Å². The van der Waals surface area contributed by atoms with E-state index in [1.165, 1.54) is 0 Å². The van der Waals surface area contributed by atoms with Crippen molar-refractivity contribution in [2.24, 2.45) is 5.41 Å². The van der Waals surface area contributed by atoms with Crippen molar-refractivity contribution in [3.05, 3.63) is 48.2 Å². The van der Waals surface area contributed by atoms with Crippen molar-refractivity contribution in [2.75, 3.05) is 45.3 Å². The van der Waals surface area contributed by atoms with Gasteiger partial charge in [0.25, 0.3) is 5.91 Å². The number of carbonyl (C=O) groups excluding carboxylic acids is 1. The molecular weight excluding hydrogens is 439 g/mol. The van der Waals surface area contributed by atoms with E-state index >= 15 is 0 Å². The normalized spacial score (nSPS) is 14.5. The average Bonchev–Trinajstić information content (AvgIpc) is 2.75. The van der Waals surface area contributed by atoms with Crippen molar-refractivity contribution in [1.82, 2.24) is 15.6 Å². The summed E-state index contributed by atoms with van der Waals surface area (Å²) < 4.78 is 10.9. The van der Waals surface area contributed by atoms with Crippen LogP contribution in [0.5, 0.6) is 5.75 Å². The van der Waals surface area contributed by atoms with Crippen LogP contribution in [0.25, 0.3) is 0 Å². The first kappa shape index (κ1) is 27.0. The zero-order valence-electron chi connectivity index (χ0n) is 18.0. The Morgan fingerprint density at radius 1 is 1.16 bits per heavy atom. The zero-order valence-corrected chi connectivity index (χ0v) is 19.6. The molecule has 0 saturated carbocycles. The van der Waals surface area contributed by atoms with E-state index in [9.17, 15) is 4.79 Å². The van der Waals surface area contributed by atoms with Crippen molar-refractivity contribution in [2.45, 2.75) is 19.8 Å². The van der Waals surface area contributed by atoms with E-state index in [2.05, 4.69) is 20.9 Å². The summed E-state index contributed by atoms with van der Waals surface area (Å²) in [6.07, 6.45) is 3.63. The maximum absolute atomic E-state index is 12.9. The molecule has 1 amide bonds. The molecule has 31 heavy (non-hydrogen) atoms. The second kappa shape index (κ2) is 13.4. The van der Waals surface area contributed by atoms with Crippen molar-refractivity contribution < 1.29 is 14.3 Å². The van der Waals surface area contributed by atoms with E-state index < -0.39 is 0 Å². The molecule has 0 aliphatic carbocycles. The molecule has 2 aromatic rings. The third-order valence-electron chi connectivity index (χ3n) is 5.22. The summed E-state index contributed by atoms with van der Waals surface area (Å²) in [5, 5.41) is 9.70. The Kier molecular flexibility index (Phi) is 11.6. The first-order valence-electron chi connectivity index (χ1n) is 10.1. The van der Waals surface area contributed by atoms with Gasteiger partial charge in [-0.3, -0.25) is 4.79 Å². The number of pyridine rings is 1. The highest BCUT2D eigenvalue weighted by atomic mass is 35.5. The van der Waals surface area contributed by atoms with E-state index in [1.54, 1.807) is 25.4 Å². The first-order valence-corrected chi connectivity index (χ1v) is 10.1. The molecule has 7 nitrogen and oxygen atoms in total. The van der Waals surface area contributed by atoms with Crippen LogP contribution < -0.4 is 20.7 Å². The first-order chi connectivity index (χ1) is 14.2. The molecular formula is C22H32Cl2N4O3. The lowest BCUT2D eigenvalue weighted by Crippen LogP contribution is -2.47. The van der Waals surface area contributed by atoms with Gasteiger partial charge in [-0.05, 0) is 69.3 Å². The highest BCUT2D eigenvalue weighted by molar-refractivity contribution is 5.99. The smallest absolute Gasteiger partial charge is 0.255 e. The fourth-order valence-electron chi connectivity index (χ4n) is 3.62. The number of hydrogen-bond acceptors (Lipinski definition) is 6. The molecule has 1 aliphatic rings. The number of methoxy groups -OCH3 is 1. The van der Waals surface area contributed by atoms with Crippen LogP contribution in [0.1, 0.15) is 30.1 Å². The second-order valence-corrected chi connectivity index (χ2v) is 7.35. The van der Waals surface area contributed by atoms with Gasteiger partial charge in [-0.1, -0.05) is 0 Å². The Hall–Kier alpha value is -2.06. The Labute approximate surface area is 196 Å². The summed E-state index contributed by atoms with van der Waals surface area (Å²) in [6.45, 7) is 5.68. The van der Waals surface area contributed by atoms with Crippen LogP contribution in [0.2, 0.25) is 0 Å². The quantitative estimate of drug-likeness (QED) is 0.516. The summed E-state index contributed by atoms with van der Waals surface area (Å²) in [4.78, 5) is 17.3. The number of benzene rings is 1. The molecule has 3 N–H and O–H groups in total. The average molecular weight is 471 g/mol. The number of hydrogen-bond donors (Lipinski definition) is 3. The van der Waals surface area contributed by atoms with Crippen LogP contribution >= 0.6 is 24.8 Å². The standard InChI is InChI=1S/C22H30N4O3.2ClH/c1-3-29-18-8-6-17(7-9-18)26-20-19(5-4-12-24-20)21(27)25-15-22(16-28-2)10-13-23-14-11-22;;/h4-9,12,23H,3,10-11,13-16H2,1-2H3,(H,24,26)(H,25,27);2*1H. The van der Waals surface area contributed by atoms with E-state index in [1.807, 2.05) is 31.2 Å². The molecule has 1 aromatic heterocycles. The summed E-state index contributed by atoms with van der Waals surface area (Å²) in [7, 11) is 1.71. The fraction of sp³-hybridized carbons (Fsp3) is 0.455. The van der Waals surface area contributed by atoms with E-state index in [4.69, 9.17) is 9.47 Å². The van der Waals surface area contributed by atoms with Crippen molar-refractivity contribution in [3.8, 4) is 5.75 Å². The number of carbonyl (C=O) groups is 1. The Morgan fingerprint density at radius 2 is 1.87 bits per heavy atom. The molecule has 0 unspecified atom stereocenters. The molecule has 3 rings (SSSR count). The van der Waals surface area contributed by atoms with Crippen molar-refractivity contribution in [1.29, 1.82) is 0 Å². The molecule has 0 radical (unpaired) electrons. The van der Waals surface area contributed by atoms with Gasteiger partial charge in [0.2, 0.25) is 0 Å². The molecule has 0 bridgehead atoms. The minimum absolute atomic E-state index is 0. The summed E-state index contributed by atoms with van der Waals surface area (Å²) in [5.41, 5.74) is 1.33. The minimum atomic E-state index is -0.138. The monoisotopic (exact) mass is 470 g/mol. The molecule has 1 saturated heterocycles. The van der Waals surface area contributed by atoms with Gasteiger partial charge in [0.15, 0.2) is 0 Å². The number of piperidine rings is 1. The Balaban J connectivity index is 0.00000240. The third-order valence-corrected chi connectivity index (χ3v) is 5.22. The van der Waals surface area contributed by atoms with Crippen LogP contribution in [0, 0.1) is 5.41 Å². The highest BCUT2D eigenvalue weighted by Crippen LogP contribution is 2.28. The summed E-state index contributed by atoms with van der Waals surface area (Å²) >= 11 is 0. The maximum Gasteiger partial charge on any atom is 0.255 e.